The number of nitrogens with zero attached hydrogens (tertiary/aromatic N) is 2. The number of anilines is 1. The van der Waals surface area contributed by atoms with Gasteiger partial charge in [0.15, 0.2) is 0 Å². The van der Waals surface area contributed by atoms with E-state index in [1.165, 1.54) is 0 Å². The molecule has 0 bridgehead atoms. The second-order valence-corrected chi connectivity index (χ2v) is 4.86. The van der Waals surface area contributed by atoms with Crippen LogP contribution in [0, 0.1) is 6.92 Å². The van der Waals surface area contributed by atoms with Crippen LogP contribution < -0.4 is 5.73 Å². The SMILES string of the molecule is CCc1cc(Sc2ccc(N)cc2)nc(C)n1. The minimum absolute atomic E-state index is 0.780. The standard InChI is InChI=1S/C13H15N3S/c1-3-11-8-13(16-9(2)15-11)17-12-6-4-10(14)5-7-12/h4-8H,3,14H2,1-2H3. The third kappa shape index (κ3) is 3.20. The molecule has 0 unspecified atom stereocenters. The van der Waals surface area contributed by atoms with Crippen molar-refractivity contribution in [3.8, 4) is 0 Å². The fourth-order valence-electron chi connectivity index (χ4n) is 1.49. The van der Waals surface area contributed by atoms with Crippen molar-refractivity contribution in [3.05, 3.63) is 41.9 Å². The van der Waals surface area contributed by atoms with Crippen LogP contribution in [0.4, 0.5) is 5.69 Å². The average Bonchev–Trinajstić information content (AvgIpc) is 2.31. The highest BCUT2D eigenvalue weighted by Crippen LogP contribution is 2.27. The van der Waals surface area contributed by atoms with Gasteiger partial charge in [0.05, 0.1) is 0 Å². The largest absolute Gasteiger partial charge is 0.399 e. The molecule has 88 valence electrons. The Kier molecular flexibility index (Phi) is 3.64. The Morgan fingerprint density at radius 3 is 2.53 bits per heavy atom. The first-order chi connectivity index (χ1) is 8.17. The van der Waals surface area contributed by atoms with E-state index in [-0.39, 0.29) is 0 Å². The van der Waals surface area contributed by atoms with E-state index in [4.69, 9.17) is 5.73 Å². The molecule has 0 saturated heterocycles. The number of benzene rings is 1. The molecule has 1 aromatic heterocycles. The van der Waals surface area contributed by atoms with E-state index in [1.54, 1.807) is 11.8 Å². The maximum absolute atomic E-state index is 5.65. The molecule has 0 aliphatic heterocycles. The van der Waals surface area contributed by atoms with Gasteiger partial charge in [-0.2, -0.15) is 0 Å². The van der Waals surface area contributed by atoms with Crippen molar-refractivity contribution < 1.29 is 0 Å². The second-order valence-electron chi connectivity index (χ2n) is 3.77. The number of nitrogens with two attached hydrogens (primary N) is 1. The van der Waals surface area contributed by atoms with E-state index in [2.05, 4.69) is 16.9 Å². The maximum atomic E-state index is 5.65. The van der Waals surface area contributed by atoms with Gasteiger partial charge in [0.1, 0.15) is 10.9 Å². The van der Waals surface area contributed by atoms with Crippen LogP contribution in [0.2, 0.25) is 0 Å². The van der Waals surface area contributed by atoms with Gasteiger partial charge in [-0.1, -0.05) is 18.7 Å². The van der Waals surface area contributed by atoms with Crippen molar-refractivity contribution in [1.82, 2.24) is 9.97 Å². The van der Waals surface area contributed by atoms with Gasteiger partial charge in [-0.15, -0.1) is 0 Å². The van der Waals surface area contributed by atoms with Crippen LogP contribution in [0.15, 0.2) is 40.3 Å². The van der Waals surface area contributed by atoms with E-state index < -0.39 is 0 Å². The van der Waals surface area contributed by atoms with Crippen LogP contribution in [-0.2, 0) is 6.42 Å². The summed E-state index contributed by atoms with van der Waals surface area (Å²) in [6.07, 6.45) is 0.929. The number of nitrogen functional groups attached to an aromatic ring is 1. The number of aromatic nitrogens is 2. The number of rotatable bonds is 3. The summed E-state index contributed by atoms with van der Waals surface area (Å²) in [7, 11) is 0. The lowest BCUT2D eigenvalue weighted by molar-refractivity contribution is 0.896. The average molecular weight is 245 g/mol. The molecule has 1 heterocycles. The zero-order chi connectivity index (χ0) is 12.3. The molecule has 0 saturated carbocycles. The van der Waals surface area contributed by atoms with Crippen LogP contribution in [-0.4, -0.2) is 9.97 Å². The quantitative estimate of drug-likeness (QED) is 0.667. The molecule has 0 atom stereocenters. The van der Waals surface area contributed by atoms with Crippen LogP contribution in [0.5, 0.6) is 0 Å². The normalized spacial score (nSPS) is 10.5. The van der Waals surface area contributed by atoms with Crippen molar-refractivity contribution in [2.24, 2.45) is 0 Å². The molecule has 2 aromatic rings. The summed E-state index contributed by atoms with van der Waals surface area (Å²) in [5.41, 5.74) is 7.51. The van der Waals surface area contributed by atoms with E-state index in [0.29, 0.717) is 0 Å². The summed E-state index contributed by atoms with van der Waals surface area (Å²) in [6.45, 7) is 4.02. The second kappa shape index (κ2) is 5.19. The third-order valence-corrected chi connectivity index (χ3v) is 3.26. The van der Waals surface area contributed by atoms with Gasteiger partial charge in [0, 0.05) is 16.3 Å². The van der Waals surface area contributed by atoms with E-state index >= 15 is 0 Å². The molecular formula is C13H15N3S. The molecule has 1 aromatic carbocycles. The van der Waals surface area contributed by atoms with Crippen molar-refractivity contribution in [3.63, 3.8) is 0 Å². The molecule has 0 amide bonds. The first-order valence-corrected chi connectivity index (χ1v) is 6.37. The first kappa shape index (κ1) is 11.9. The van der Waals surface area contributed by atoms with Crippen LogP contribution in [0.3, 0.4) is 0 Å². The van der Waals surface area contributed by atoms with E-state index in [0.717, 1.165) is 33.5 Å². The van der Waals surface area contributed by atoms with E-state index in [1.807, 2.05) is 37.3 Å². The molecular weight excluding hydrogens is 230 g/mol. The van der Waals surface area contributed by atoms with Gasteiger partial charge in [-0.3, -0.25) is 0 Å². The van der Waals surface area contributed by atoms with Gasteiger partial charge >= 0.3 is 0 Å². The maximum Gasteiger partial charge on any atom is 0.126 e. The summed E-state index contributed by atoms with van der Waals surface area (Å²) < 4.78 is 0. The number of hydrogen-bond donors (Lipinski definition) is 1. The first-order valence-electron chi connectivity index (χ1n) is 5.55. The molecule has 17 heavy (non-hydrogen) atoms. The molecule has 0 aliphatic carbocycles. The van der Waals surface area contributed by atoms with E-state index in [9.17, 15) is 0 Å². The zero-order valence-electron chi connectivity index (χ0n) is 9.97. The molecule has 2 rings (SSSR count). The van der Waals surface area contributed by atoms with Crippen LogP contribution in [0.25, 0.3) is 0 Å². The third-order valence-electron chi connectivity index (χ3n) is 2.33. The van der Waals surface area contributed by atoms with Gasteiger partial charge < -0.3 is 5.73 Å². The van der Waals surface area contributed by atoms with Gasteiger partial charge in [-0.05, 0) is 43.7 Å². The smallest absolute Gasteiger partial charge is 0.126 e. The highest BCUT2D eigenvalue weighted by molar-refractivity contribution is 7.99. The predicted molar refractivity (Wildman–Crippen MR) is 71.1 cm³/mol. The lowest BCUT2D eigenvalue weighted by Gasteiger charge is -2.04. The number of aryl methyl sites for hydroxylation is 2. The molecule has 3 nitrogen and oxygen atoms in total. The van der Waals surface area contributed by atoms with Crippen molar-refractivity contribution >= 4 is 17.4 Å². The predicted octanol–water partition coefficient (Wildman–Crippen LogP) is 3.08. The summed E-state index contributed by atoms with van der Waals surface area (Å²) >= 11 is 1.63. The Bertz CT molecular complexity index is 509. The Morgan fingerprint density at radius 2 is 1.88 bits per heavy atom. The summed E-state index contributed by atoms with van der Waals surface area (Å²) in [5.74, 6) is 0.822. The minimum atomic E-state index is 0.780. The summed E-state index contributed by atoms with van der Waals surface area (Å²) in [4.78, 5) is 9.92. The highest BCUT2D eigenvalue weighted by atomic mass is 32.2. The van der Waals surface area contributed by atoms with Gasteiger partial charge in [0.25, 0.3) is 0 Å². The van der Waals surface area contributed by atoms with Gasteiger partial charge in [0.2, 0.25) is 0 Å². The zero-order valence-corrected chi connectivity index (χ0v) is 10.8. The molecule has 0 radical (unpaired) electrons. The molecule has 2 N–H and O–H groups in total. The number of hydrogen-bond acceptors (Lipinski definition) is 4. The van der Waals surface area contributed by atoms with Crippen molar-refractivity contribution in [1.29, 1.82) is 0 Å². The molecule has 0 aliphatic rings. The molecule has 0 spiro atoms. The van der Waals surface area contributed by atoms with Crippen molar-refractivity contribution in [2.75, 3.05) is 5.73 Å². The fraction of sp³-hybridized carbons (Fsp3) is 0.231. The summed E-state index contributed by atoms with van der Waals surface area (Å²) in [6, 6.07) is 9.84. The lowest BCUT2D eigenvalue weighted by atomic mass is 10.3. The Labute approximate surface area is 105 Å². The Hall–Kier alpha value is -1.55. The fourth-order valence-corrected chi connectivity index (χ4v) is 2.38. The Balaban J connectivity index is 2.23. The van der Waals surface area contributed by atoms with Crippen LogP contribution >= 0.6 is 11.8 Å². The minimum Gasteiger partial charge on any atom is -0.399 e. The van der Waals surface area contributed by atoms with Crippen molar-refractivity contribution in [2.45, 2.75) is 30.2 Å². The molecule has 0 fully saturated rings. The molecule has 4 heteroatoms. The van der Waals surface area contributed by atoms with Gasteiger partial charge in [-0.25, -0.2) is 9.97 Å². The highest BCUT2D eigenvalue weighted by Gasteiger charge is 2.03. The monoisotopic (exact) mass is 245 g/mol. The summed E-state index contributed by atoms with van der Waals surface area (Å²) in [5, 5.41) is 0.985. The lowest BCUT2D eigenvalue weighted by Crippen LogP contribution is -1.95. The Morgan fingerprint density at radius 1 is 1.18 bits per heavy atom. The topological polar surface area (TPSA) is 51.8 Å². The van der Waals surface area contributed by atoms with Crippen LogP contribution in [0.1, 0.15) is 18.4 Å².